The van der Waals surface area contributed by atoms with Crippen molar-refractivity contribution in [1.82, 2.24) is 5.32 Å². The van der Waals surface area contributed by atoms with Crippen molar-refractivity contribution < 1.29 is 0 Å². The van der Waals surface area contributed by atoms with Crippen LogP contribution in [0.5, 0.6) is 0 Å². The Labute approximate surface area is 122 Å². The van der Waals surface area contributed by atoms with E-state index in [1.165, 1.54) is 42.3 Å². The van der Waals surface area contributed by atoms with E-state index < -0.39 is 0 Å². The van der Waals surface area contributed by atoms with Gasteiger partial charge in [0.15, 0.2) is 0 Å². The second-order valence-corrected chi connectivity index (χ2v) is 7.41. The summed E-state index contributed by atoms with van der Waals surface area (Å²) in [6.07, 6.45) is 1.30. The highest BCUT2D eigenvalue weighted by Gasteiger charge is 2.15. The standard InChI is InChI=1S/C16H26N2S/c1-16(2,3)17-13-14-7-4-5-8-15(14)18-9-6-11-19-12-10-18/h4-5,7-8,17H,6,9-13H2,1-3H3. The van der Waals surface area contributed by atoms with Crippen LogP contribution in [-0.2, 0) is 6.54 Å². The lowest BCUT2D eigenvalue weighted by Crippen LogP contribution is -2.36. The fourth-order valence-electron chi connectivity index (χ4n) is 2.32. The predicted molar refractivity (Wildman–Crippen MR) is 87.2 cm³/mol. The molecule has 0 aromatic heterocycles. The Kier molecular flexibility index (Phi) is 5.17. The third-order valence-electron chi connectivity index (χ3n) is 3.36. The number of nitrogens with zero attached hydrogens (tertiary/aromatic N) is 1. The number of rotatable bonds is 3. The first-order chi connectivity index (χ1) is 9.06. The quantitative estimate of drug-likeness (QED) is 0.911. The van der Waals surface area contributed by atoms with Crippen molar-refractivity contribution in [1.29, 1.82) is 0 Å². The van der Waals surface area contributed by atoms with E-state index in [0.29, 0.717) is 0 Å². The summed E-state index contributed by atoms with van der Waals surface area (Å²) < 4.78 is 0. The Hall–Kier alpha value is -0.670. The van der Waals surface area contributed by atoms with Crippen LogP contribution in [0.15, 0.2) is 24.3 Å². The largest absolute Gasteiger partial charge is 0.370 e. The molecule has 1 aliphatic rings. The third kappa shape index (κ3) is 4.73. The number of para-hydroxylation sites is 1. The summed E-state index contributed by atoms with van der Waals surface area (Å²) in [5.74, 6) is 2.56. The van der Waals surface area contributed by atoms with Crippen molar-refractivity contribution in [2.45, 2.75) is 39.3 Å². The van der Waals surface area contributed by atoms with Crippen LogP contribution in [0.1, 0.15) is 32.8 Å². The average Bonchev–Trinajstić information content (AvgIpc) is 2.64. The van der Waals surface area contributed by atoms with Crippen molar-refractivity contribution in [3.8, 4) is 0 Å². The molecule has 1 saturated heterocycles. The zero-order chi connectivity index (χ0) is 13.7. The molecule has 0 atom stereocenters. The first kappa shape index (κ1) is 14.7. The molecule has 0 amide bonds. The molecule has 1 aromatic rings. The van der Waals surface area contributed by atoms with Crippen LogP contribution in [-0.4, -0.2) is 30.1 Å². The van der Waals surface area contributed by atoms with Crippen LogP contribution in [0, 0.1) is 0 Å². The highest BCUT2D eigenvalue weighted by molar-refractivity contribution is 7.99. The lowest BCUT2D eigenvalue weighted by Gasteiger charge is -2.27. The Bertz CT molecular complexity index is 390. The van der Waals surface area contributed by atoms with Gasteiger partial charge in [-0.25, -0.2) is 0 Å². The van der Waals surface area contributed by atoms with Gasteiger partial charge < -0.3 is 10.2 Å². The molecule has 19 heavy (non-hydrogen) atoms. The first-order valence-electron chi connectivity index (χ1n) is 7.22. The van der Waals surface area contributed by atoms with Gasteiger partial charge in [-0.15, -0.1) is 0 Å². The van der Waals surface area contributed by atoms with E-state index in [1.54, 1.807) is 0 Å². The number of hydrogen-bond acceptors (Lipinski definition) is 3. The summed E-state index contributed by atoms with van der Waals surface area (Å²) in [7, 11) is 0. The molecule has 106 valence electrons. The van der Waals surface area contributed by atoms with Gasteiger partial charge in [0.05, 0.1) is 0 Å². The predicted octanol–water partition coefficient (Wildman–Crippen LogP) is 3.52. The Morgan fingerprint density at radius 2 is 1.95 bits per heavy atom. The molecule has 0 bridgehead atoms. The Morgan fingerprint density at radius 3 is 2.74 bits per heavy atom. The normalized spacial score (nSPS) is 17.3. The lowest BCUT2D eigenvalue weighted by atomic mass is 10.1. The molecule has 2 rings (SSSR count). The number of thioether (sulfide) groups is 1. The molecular formula is C16H26N2S. The molecule has 1 aromatic carbocycles. The zero-order valence-corrected chi connectivity index (χ0v) is 13.2. The van der Waals surface area contributed by atoms with Gasteiger partial charge in [0.25, 0.3) is 0 Å². The second-order valence-electron chi connectivity index (χ2n) is 6.19. The van der Waals surface area contributed by atoms with Crippen molar-refractivity contribution in [3.63, 3.8) is 0 Å². The zero-order valence-electron chi connectivity index (χ0n) is 12.4. The van der Waals surface area contributed by atoms with Gasteiger partial charge in [0.2, 0.25) is 0 Å². The minimum atomic E-state index is 0.168. The van der Waals surface area contributed by atoms with E-state index >= 15 is 0 Å². The van der Waals surface area contributed by atoms with Gasteiger partial charge in [0, 0.05) is 36.6 Å². The summed E-state index contributed by atoms with van der Waals surface area (Å²) in [5.41, 5.74) is 3.01. The first-order valence-corrected chi connectivity index (χ1v) is 8.37. The van der Waals surface area contributed by atoms with Gasteiger partial charge in [-0.05, 0) is 44.6 Å². The maximum absolute atomic E-state index is 3.60. The summed E-state index contributed by atoms with van der Waals surface area (Å²) in [4.78, 5) is 2.56. The molecule has 0 spiro atoms. The molecule has 2 nitrogen and oxygen atoms in total. The SMILES string of the molecule is CC(C)(C)NCc1ccccc1N1CCCSCC1. The molecule has 0 saturated carbocycles. The number of anilines is 1. The van der Waals surface area contributed by atoms with Crippen LogP contribution in [0.3, 0.4) is 0 Å². The van der Waals surface area contributed by atoms with Crippen LogP contribution in [0.25, 0.3) is 0 Å². The molecule has 3 heteroatoms. The molecule has 1 aliphatic heterocycles. The van der Waals surface area contributed by atoms with E-state index in [9.17, 15) is 0 Å². The van der Waals surface area contributed by atoms with E-state index in [-0.39, 0.29) is 5.54 Å². The lowest BCUT2D eigenvalue weighted by molar-refractivity contribution is 0.424. The molecular weight excluding hydrogens is 252 g/mol. The maximum Gasteiger partial charge on any atom is 0.0412 e. The maximum atomic E-state index is 3.60. The second kappa shape index (κ2) is 6.67. The fraction of sp³-hybridized carbons (Fsp3) is 0.625. The fourth-order valence-corrected chi connectivity index (χ4v) is 3.20. The van der Waals surface area contributed by atoms with Crippen molar-refractivity contribution in [2.75, 3.05) is 29.5 Å². The topological polar surface area (TPSA) is 15.3 Å². The molecule has 1 heterocycles. The highest BCUT2D eigenvalue weighted by Crippen LogP contribution is 2.23. The number of hydrogen-bond donors (Lipinski definition) is 1. The van der Waals surface area contributed by atoms with Gasteiger partial charge in [-0.3, -0.25) is 0 Å². The van der Waals surface area contributed by atoms with Crippen molar-refractivity contribution in [2.24, 2.45) is 0 Å². The molecule has 0 unspecified atom stereocenters. The van der Waals surface area contributed by atoms with Gasteiger partial charge >= 0.3 is 0 Å². The van der Waals surface area contributed by atoms with Gasteiger partial charge in [-0.2, -0.15) is 11.8 Å². The van der Waals surface area contributed by atoms with Crippen LogP contribution in [0.2, 0.25) is 0 Å². The molecule has 0 aliphatic carbocycles. The molecule has 0 radical (unpaired) electrons. The molecule has 1 N–H and O–H groups in total. The third-order valence-corrected chi connectivity index (χ3v) is 4.41. The minimum Gasteiger partial charge on any atom is -0.370 e. The summed E-state index contributed by atoms with van der Waals surface area (Å²) in [6.45, 7) is 9.98. The number of nitrogens with one attached hydrogen (secondary N) is 1. The van der Waals surface area contributed by atoms with E-state index in [1.807, 2.05) is 0 Å². The smallest absolute Gasteiger partial charge is 0.0412 e. The van der Waals surface area contributed by atoms with E-state index in [4.69, 9.17) is 0 Å². The van der Waals surface area contributed by atoms with Crippen LogP contribution in [0.4, 0.5) is 5.69 Å². The van der Waals surface area contributed by atoms with Crippen molar-refractivity contribution in [3.05, 3.63) is 29.8 Å². The van der Waals surface area contributed by atoms with Gasteiger partial charge in [0.1, 0.15) is 0 Å². The highest BCUT2D eigenvalue weighted by atomic mass is 32.2. The Balaban J connectivity index is 2.10. The summed E-state index contributed by atoms with van der Waals surface area (Å²) in [5, 5.41) is 3.60. The number of benzene rings is 1. The van der Waals surface area contributed by atoms with E-state index in [0.717, 1.165) is 6.54 Å². The van der Waals surface area contributed by atoms with Gasteiger partial charge in [-0.1, -0.05) is 18.2 Å². The van der Waals surface area contributed by atoms with Crippen molar-refractivity contribution >= 4 is 17.4 Å². The Morgan fingerprint density at radius 1 is 1.16 bits per heavy atom. The van der Waals surface area contributed by atoms with Crippen LogP contribution < -0.4 is 10.2 Å². The minimum absolute atomic E-state index is 0.168. The summed E-state index contributed by atoms with van der Waals surface area (Å²) >= 11 is 2.08. The summed E-state index contributed by atoms with van der Waals surface area (Å²) in [6, 6.07) is 8.84. The van der Waals surface area contributed by atoms with E-state index in [2.05, 4.69) is 67.0 Å². The monoisotopic (exact) mass is 278 g/mol. The van der Waals surface area contributed by atoms with Crippen LogP contribution >= 0.6 is 11.8 Å². The average molecular weight is 278 g/mol. The molecule has 1 fully saturated rings.